The lowest BCUT2D eigenvalue weighted by molar-refractivity contribution is -0.113. The van der Waals surface area contributed by atoms with Crippen molar-refractivity contribution in [1.29, 1.82) is 0 Å². The number of fused-ring (bicyclic) bond motifs is 1. The van der Waals surface area contributed by atoms with Crippen molar-refractivity contribution in [3.05, 3.63) is 101 Å². The summed E-state index contributed by atoms with van der Waals surface area (Å²) >= 11 is 1.60. The molecule has 0 aliphatic carbocycles. The van der Waals surface area contributed by atoms with E-state index in [0.29, 0.717) is 46.2 Å². The van der Waals surface area contributed by atoms with E-state index in [4.69, 9.17) is 19.6 Å². The van der Waals surface area contributed by atoms with Gasteiger partial charge in [-0.3, -0.25) is 4.79 Å². The fourth-order valence-corrected chi connectivity index (χ4v) is 5.23. The predicted molar refractivity (Wildman–Crippen MR) is 159 cm³/mol. The molecule has 1 aliphatic heterocycles. The number of aromatic nitrogens is 3. The second-order valence-electron chi connectivity index (χ2n) is 9.58. The molecular weight excluding hydrogens is 522 g/mol. The molecule has 5 rings (SSSR count). The van der Waals surface area contributed by atoms with Gasteiger partial charge < -0.3 is 20.1 Å². The van der Waals surface area contributed by atoms with Gasteiger partial charge in [-0.05, 0) is 55.7 Å². The summed E-state index contributed by atoms with van der Waals surface area (Å²) in [7, 11) is 1.58. The van der Waals surface area contributed by atoms with E-state index in [1.54, 1.807) is 23.6 Å². The number of anilines is 2. The number of hydrogen-bond donors (Lipinski definition) is 2. The fourth-order valence-electron chi connectivity index (χ4n) is 4.55. The highest BCUT2D eigenvalue weighted by molar-refractivity contribution is 7.99. The number of aryl methyl sites for hydroxylation is 1. The molecule has 4 aromatic rings. The molecule has 3 aromatic carbocycles. The van der Waals surface area contributed by atoms with Crippen LogP contribution in [0, 0.1) is 6.92 Å². The zero-order chi connectivity index (χ0) is 28.1. The third-order valence-electron chi connectivity index (χ3n) is 6.57. The minimum absolute atomic E-state index is 0.255. The summed E-state index contributed by atoms with van der Waals surface area (Å²) in [5.74, 6) is 2.54. The van der Waals surface area contributed by atoms with Crippen molar-refractivity contribution in [3.63, 3.8) is 0 Å². The quantitative estimate of drug-likeness (QED) is 0.213. The van der Waals surface area contributed by atoms with Crippen molar-refractivity contribution in [2.75, 3.05) is 23.5 Å². The van der Waals surface area contributed by atoms with E-state index in [0.717, 1.165) is 23.3 Å². The lowest BCUT2D eigenvalue weighted by atomic mass is 9.94. The Kier molecular flexibility index (Phi) is 8.40. The van der Waals surface area contributed by atoms with Gasteiger partial charge in [0.1, 0.15) is 24.1 Å². The van der Waals surface area contributed by atoms with Crippen LogP contribution in [0.15, 0.2) is 89.2 Å². The maximum atomic E-state index is 13.9. The Labute approximate surface area is 238 Å². The number of carbonyl (C=O) groups excluding carboxylic acids is 1. The SMILES string of the molecule is CCCSc1nc2n(n1)C(c1cccc(OCc3ccc(C)cc3)c1)C(C(=O)Nc1ccccc1OC)=C(C)N2. The van der Waals surface area contributed by atoms with Gasteiger partial charge in [-0.15, -0.1) is 5.10 Å². The van der Waals surface area contributed by atoms with Crippen LogP contribution >= 0.6 is 11.8 Å². The molecule has 0 fully saturated rings. The number of allylic oxidation sites excluding steroid dienone is 1. The Hall–Kier alpha value is -4.24. The Balaban J connectivity index is 1.50. The smallest absolute Gasteiger partial charge is 0.255 e. The highest BCUT2D eigenvalue weighted by Crippen LogP contribution is 2.38. The lowest BCUT2D eigenvalue weighted by Crippen LogP contribution is -2.31. The van der Waals surface area contributed by atoms with Crippen LogP contribution in [0.4, 0.5) is 11.6 Å². The van der Waals surface area contributed by atoms with E-state index < -0.39 is 6.04 Å². The largest absolute Gasteiger partial charge is 0.495 e. The second kappa shape index (κ2) is 12.3. The molecule has 1 aromatic heterocycles. The Morgan fingerprint density at radius 3 is 2.65 bits per heavy atom. The van der Waals surface area contributed by atoms with Gasteiger partial charge in [0.25, 0.3) is 5.91 Å². The van der Waals surface area contributed by atoms with Gasteiger partial charge in [-0.25, -0.2) is 4.68 Å². The number of ether oxygens (including phenoxy) is 2. The number of nitrogens with one attached hydrogen (secondary N) is 2. The van der Waals surface area contributed by atoms with Crippen molar-refractivity contribution in [3.8, 4) is 11.5 Å². The summed E-state index contributed by atoms with van der Waals surface area (Å²) in [4.78, 5) is 18.6. The molecule has 1 atom stereocenters. The van der Waals surface area contributed by atoms with Crippen LogP contribution in [0.25, 0.3) is 0 Å². The van der Waals surface area contributed by atoms with E-state index in [1.807, 2.05) is 55.5 Å². The molecular formula is C31H33N5O3S. The number of hydrogen-bond acceptors (Lipinski definition) is 7. The summed E-state index contributed by atoms with van der Waals surface area (Å²) < 4.78 is 13.4. The van der Waals surface area contributed by atoms with E-state index in [-0.39, 0.29) is 5.91 Å². The molecule has 0 spiro atoms. The summed E-state index contributed by atoms with van der Waals surface area (Å²) in [5.41, 5.74) is 4.99. The van der Waals surface area contributed by atoms with Crippen molar-refractivity contribution in [2.45, 2.75) is 45.0 Å². The molecule has 0 saturated carbocycles. The molecule has 8 nitrogen and oxygen atoms in total. The Bertz CT molecular complexity index is 1530. The number of nitrogens with zero attached hydrogens (tertiary/aromatic N) is 3. The first kappa shape index (κ1) is 27.3. The standard InChI is InChI=1S/C31H33N5O3S/c1-5-17-40-31-34-30-32-21(3)27(29(37)33-25-11-6-7-12-26(25)38-4)28(36(30)35-31)23-9-8-10-24(18-23)39-19-22-15-13-20(2)14-16-22/h6-16,18,28H,5,17,19H2,1-4H3,(H,33,37)(H,32,34,35). The first-order valence-corrected chi connectivity index (χ1v) is 14.2. The number of rotatable bonds is 10. The lowest BCUT2D eigenvalue weighted by Gasteiger charge is -2.29. The van der Waals surface area contributed by atoms with Crippen LogP contribution in [0.2, 0.25) is 0 Å². The summed E-state index contributed by atoms with van der Waals surface area (Å²) in [5, 5.41) is 11.8. The van der Waals surface area contributed by atoms with Crippen LogP contribution in [0.3, 0.4) is 0 Å². The maximum absolute atomic E-state index is 13.9. The molecule has 2 heterocycles. The highest BCUT2D eigenvalue weighted by Gasteiger charge is 2.35. The normalized spacial score (nSPS) is 14.3. The maximum Gasteiger partial charge on any atom is 0.255 e. The predicted octanol–water partition coefficient (Wildman–Crippen LogP) is 6.60. The first-order chi connectivity index (χ1) is 19.5. The minimum atomic E-state index is -0.516. The van der Waals surface area contributed by atoms with Crippen molar-refractivity contribution >= 4 is 29.3 Å². The average molecular weight is 556 g/mol. The molecule has 40 heavy (non-hydrogen) atoms. The van der Waals surface area contributed by atoms with Crippen LogP contribution in [-0.2, 0) is 11.4 Å². The number of benzene rings is 3. The van der Waals surface area contributed by atoms with E-state index in [1.165, 1.54) is 5.56 Å². The Morgan fingerprint density at radius 2 is 1.88 bits per heavy atom. The topological polar surface area (TPSA) is 90.3 Å². The van der Waals surface area contributed by atoms with E-state index in [2.05, 4.69) is 48.7 Å². The van der Waals surface area contributed by atoms with Gasteiger partial charge in [0.15, 0.2) is 0 Å². The van der Waals surface area contributed by atoms with Crippen molar-refractivity contribution in [1.82, 2.24) is 14.8 Å². The van der Waals surface area contributed by atoms with Crippen LogP contribution in [0.1, 0.15) is 43.0 Å². The number of methoxy groups -OCH3 is 1. The second-order valence-corrected chi connectivity index (χ2v) is 10.6. The van der Waals surface area contributed by atoms with E-state index in [9.17, 15) is 4.79 Å². The average Bonchev–Trinajstić information content (AvgIpc) is 3.37. The number of amides is 1. The fraction of sp³-hybridized carbons (Fsp3) is 0.258. The summed E-state index contributed by atoms with van der Waals surface area (Å²) in [6.07, 6.45) is 1.01. The molecule has 2 N–H and O–H groups in total. The zero-order valence-electron chi connectivity index (χ0n) is 23.1. The third-order valence-corrected chi connectivity index (χ3v) is 7.61. The molecule has 0 radical (unpaired) electrons. The van der Waals surface area contributed by atoms with Crippen molar-refractivity contribution < 1.29 is 14.3 Å². The first-order valence-electron chi connectivity index (χ1n) is 13.3. The van der Waals surface area contributed by atoms with Crippen LogP contribution in [-0.4, -0.2) is 33.5 Å². The van der Waals surface area contributed by atoms with Gasteiger partial charge in [0, 0.05) is 11.4 Å². The van der Waals surface area contributed by atoms with Gasteiger partial charge >= 0.3 is 0 Å². The van der Waals surface area contributed by atoms with Gasteiger partial charge in [-0.1, -0.05) is 72.8 Å². The van der Waals surface area contributed by atoms with Crippen LogP contribution < -0.4 is 20.1 Å². The molecule has 0 bridgehead atoms. The van der Waals surface area contributed by atoms with Crippen LogP contribution in [0.5, 0.6) is 11.5 Å². The number of thioether (sulfide) groups is 1. The molecule has 206 valence electrons. The number of para-hydroxylation sites is 2. The molecule has 1 amide bonds. The Morgan fingerprint density at radius 1 is 1.07 bits per heavy atom. The zero-order valence-corrected chi connectivity index (χ0v) is 23.9. The highest BCUT2D eigenvalue weighted by atomic mass is 32.2. The number of carbonyl (C=O) groups is 1. The third kappa shape index (κ3) is 5.99. The van der Waals surface area contributed by atoms with Gasteiger partial charge in [-0.2, -0.15) is 4.98 Å². The summed E-state index contributed by atoms with van der Waals surface area (Å²) in [6.45, 7) is 6.52. The minimum Gasteiger partial charge on any atom is -0.495 e. The molecule has 1 unspecified atom stereocenters. The molecule has 9 heteroatoms. The molecule has 1 aliphatic rings. The summed E-state index contributed by atoms with van der Waals surface area (Å²) in [6, 6.07) is 22.9. The monoisotopic (exact) mass is 555 g/mol. The van der Waals surface area contributed by atoms with Gasteiger partial charge in [0.05, 0.1) is 18.4 Å². The van der Waals surface area contributed by atoms with Gasteiger partial charge in [0.2, 0.25) is 11.1 Å². The molecule has 0 saturated heterocycles. The van der Waals surface area contributed by atoms with E-state index >= 15 is 0 Å². The van der Waals surface area contributed by atoms with Crippen molar-refractivity contribution in [2.24, 2.45) is 0 Å².